The minimum atomic E-state index is -0.933. The summed E-state index contributed by atoms with van der Waals surface area (Å²) in [6.45, 7) is 1.57. The number of carboxylic acids is 1. The highest BCUT2D eigenvalue weighted by molar-refractivity contribution is 5.89. The molecule has 0 radical (unpaired) electrons. The van der Waals surface area contributed by atoms with Crippen molar-refractivity contribution in [2.24, 2.45) is 0 Å². The van der Waals surface area contributed by atoms with Gasteiger partial charge in [-0.25, -0.2) is 4.79 Å². The van der Waals surface area contributed by atoms with Crippen LogP contribution in [-0.2, 0) is 0 Å². The first kappa shape index (κ1) is 12.7. The molecule has 5 nitrogen and oxygen atoms in total. The number of aromatic carboxylic acids is 1. The van der Waals surface area contributed by atoms with Crippen molar-refractivity contribution >= 4 is 11.7 Å². The van der Waals surface area contributed by atoms with Gasteiger partial charge in [-0.1, -0.05) is 0 Å². The van der Waals surface area contributed by atoms with E-state index < -0.39 is 5.97 Å². The molecule has 1 unspecified atom stereocenters. The van der Waals surface area contributed by atoms with Crippen molar-refractivity contribution in [3.8, 4) is 5.75 Å². The topological polar surface area (TPSA) is 70.6 Å². The van der Waals surface area contributed by atoms with Gasteiger partial charge in [0.15, 0.2) is 0 Å². The van der Waals surface area contributed by atoms with E-state index in [0.717, 1.165) is 25.1 Å². The highest BCUT2D eigenvalue weighted by atomic mass is 16.5. The molecule has 0 amide bonds. The summed E-state index contributed by atoms with van der Waals surface area (Å²) in [7, 11) is 1.94. The minimum Gasteiger partial charge on any atom is -0.489 e. The SMILES string of the molecule is CNCCCC1COc2cc(C(=O)O)ccc2N1. The fourth-order valence-corrected chi connectivity index (χ4v) is 2.03. The second-order valence-corrected chi connectivity index (χ2v) is 4.41. The summed E-state index contributed by atoms with van der Waals surface area (Å²) >= 11 is 0. The van der Waals surface area contributed by atoms with Gasteiger partial charge in [0.1, 0.15) is 12.4 Å². The van der Waals surface area contributed by atoms with E-state index >= 15 is 0 Å². The van der Waals surface area contributed by atoms with Gasteiger partial charge >= 0.3 is 5.97 Å². The molecule has 1 aliphatic rings. The van der Waals surface area contributed by atoms with Crippen molar-refractivity contribution in [3.05, 3.63) is 23.8 Å². The molecule has 98 valence electrons. The van der Waals surface area contributed by atoms with Gasteiger partial charge in [-0.15, -0.1) is 0 Å². The number of hydrogen-bond donors (Lipinski definition) is 3. The van der Waals surface area contributed by atoms with Crippen LogP contribution in [-0.4, -0.2) is 37.3 Å². The standard InChI is InChI=1S/C13H18N2O3/c1-14-6-2-3-10-8-18-12-7-9(13(16)17)4-5-11(12)15-10/h4-5,7,10,14-15H,2-3,6,8H2,1H3,(H,16,17). The summed E-state index contributed by atoms with van der Waals surface area (Å²) in [6.07, 6.45) is 2.11. The van der Waals surface area contributed by atoms with Gasteiger partial charge in [-0.05, 0) is 44.6 Å². The van der Waals surface area contributed by atoms with Crippen LogP contribution < -0.4 is 15.4 Å². The van der Waals surface area contributed by atoms with Gasteiger partial charge in [0.25, 0.3) is 0 Å². The van der Waals surface area contributed by atoms with E-state index in [0.29, 0.717) is 18.4 Å². The Labute approximate surface area is 106 Å². The molecule has 1 aromatic rings. The maximum atomic E-state index is 10.8. The first-order valence-electron chi connectivity index (χ1n) is 6.12. The fraction of sp³-hybridized carbons (Fsp3) is 0.462. The molecule has 0 fully saturated rings. The zero-order valence-corrected chi connectivity index (χ0v) is 10.4. The van der Waals surface area contributed by atoms with Crippen LogP contribution in [0.5, 0.6) is 5.75 Å². The van der Waals surface area contributed by atoms with Gasteiger partial charge in [0, 0.05) is 0 Å². The lowest BCUT2D eigenvalue weighted by Gasteiger charge is -2.27. The molecular weight excluding hydrogens is 232 g/mol. The third kappa shape index (κ3) is 2.92. The molecule has 18 heavy (non-hydrogen) atoms. The molecule has 0 aromatic heterocycles. The van der Waals surface area contributed by atoms with E-state index in [2.05, 4.69) is 10.6 Å². The first-order valence-corrected chi connectivity index (χ1v) is 6.12. The van der Waals surface area contributed by atoms with Crippen LogP contribution in [0.1, 0.15) is 23.2 Å². The second-order valence-electron chi connectivity index (χ2n) is 4.41. The van der Waals surface area contributed by atoms with Crippen LogP contribution in [0.2, 0.25) is 0 Å². The number of carbonyl (C=O) groups is 1. The number of hydrogen-bond acceptors (Lipinski definition) is 4. The molecule has 1 aromatic carbocycles. The predicted molar refractivity (Wildman–Crippen MR) is 69.5 cm³/mol. The summed E-state index contributed by atoms with van der Waals surface area (Å²) in [4.78, 5) is 10.8. The van der Waals surface area contributed by atoms with E-state index in [1.807, 2.05) is 7.05 Å². The first-order chi connectivity index (χ1) is 8.70. The molecule has 3 N–H and O–H groups in total. The summed E-state index contributed by atoms with van der Waals surface area (Å²) in [5.41, 5.74) is 1.13. The summed E-state index contributed by atoms with van der Waals surface area (Å²) < 4.78 is 5.61. The lowest BCUT2D eigenvalue weighted by atomic mass is 10.1. The van der Waals surface area contributed by atoms with E-state index in [1.54, 1.807) is 18.2 Å². The lowest BCUT2D eigenvalue weighted by Crippen LogP contribution is -2.32. The van der Waals surface area contributed by atoms with Crippen LogP contribution in [0.4, 0.5) is 5.69 Å². The van der Waals surface area contributed by atoms with E-state index in [4.69, 9.17) is 9.84 Å². The van der Waals surface area contributed by atoms with Crippen molar-refractivity contribution < 1.29 is 14.6 Å². The van der Waals surface area contributed by atoms with Crippen LogP contribution in [0.3, 0.4) is 0 Å². The maximum absolute atomic E-state index is 10.8. The summed E-state index contributed by atoms with van der Waals surface area (Å²) in [5.74, 6) is -0.308. The zero-order valence-electron chi connectivity index (χ0n) is 10.4. The zero-order chi connectivity index (χ0) is 13.0. The molecule has 0 saturated heterocycles. The Hall–Kier alpha value is -1.75. The molecule has 5 heteroatoms. The average Bonchev–Trinajstić information content (AvgIpc) is 2.38. The number of ether oxygens (including phenoxy) is 1. The molecule has 1 aliphatic heterocycles. The Morgan fingerprint density at radius 2 is 2.44 bits per heavy atom. The van der Waals surface area contributed by atoms with Gasteiger partial charge < -0.3 is 20.5 Å². The van der Waals surface area contributed by atoms with Crippen LogP contribution in [0.25, 0.3) is 0 Å². The molecule has 0 aliphatic carbocycles. The third-order valence-electron chi connectivity index (χ3n) is 3.01. The van der Waals surface area contributed by atoms with Crippen molar-refractivity contribution in [2.45, 2.75) is 18.9 Å². The van der Waals surface area contributed by atoms with Crippen LogP contribution in [0, 0.1) is 0 Å². The monoisotopic (exact) mass is 250 g/mol. The van der Waals surface area contributed by atoms with Crippen molar-refractivity contribution in [3.63, 3.8) is 0 Å². The summed E-state index contributed by atoms with van der Waals surface area (Å²) in [5, 5.41) is 15.4. The van der Waals surface area contributed by atoms with E-state index in [1.165, 1.54) is 0 Å². The van der Waals surface area contributed by atoms with Crippen LogP contribution in [0.15, 0.2) is 18.2 Å². The summed E-state index contributed by atoms with van der Waals surface area (Å²) in [6, 6.07) is 5.21. The quantitative estimate of drug-likeness (QED) is 0.692. The highest BCUT2D eigenvalue weighted by Gasteiger charge is 2.19. The number of benzene rings is 1. The average molecular weight is 250 g/mol. The van der Waals surface area contributed by atoms with E-state index in [9.17, 15) is 4.79 Å². The lowest BCUT2D eigenvalue weighted by molar-refractivity contribution is 0.0696. The number of nitrogens with one attached hydrogen (secondary N) is 2. The van der Waals surface area contributed by atoms with Crippen molar-refractivity contribution in [1.29, 1.82) is 0 Å². The van der Waals surface area contributed by atoms with E-state index in [-0.39, 0.29) is 5.56 Å². The molecule has 0 spiro atoms. The Bertz CT molecular complexity index is 434. The Morgan fingerprint density at radius 3 is 3.17 bits per heavy atom. The second kappa shape index (κ2) is 5.73. The molecule has 2 rings (SSSR count). The largest absolute Gasteiger partial charge is 0.489 e. The third-order valence-corrected chi connectivity index (χ3v) is 3.01. The van der Waals surface area contributed by atoms with Gasteiger partial charge in [0.05, 0.1) is 17.3 Å². The Kier molecular flexibility index (Phi) is 4.04. The molecular formula is C13H18N2O3. The van der Waals surface area contributed by atoms with Crippen molar-refractivity contribution in [1.82, 2.24) is 5.32 Å². The number of fused-ring (bicyclic) bond motifs is 1. The number of carboxylic acid groups (broad SMARTS) is 1. The van der Waals surface area contributed by atoms with Gasteiger partial charge in [-0.3, -0.25) is 0 Å². The minimum absolute atomic E-state index is 0.254. The number of anilines is 1. The molecule has 1 heterocycles. The van der Waals surface area contributed by atoms with Crippen LogP contribution >= 0.6 is 0 Å². The van der Waals surface area contributed by atoms with Crippen molar-refractivity contribution in [2.75, 3.05) is 25.5 Å². The Balaban J connectivity index is 2.00. The fourth-order valence-electron chi connectivity index (χ4n) is 2.03. The molecule has 0 bridgehead atoms. The smallest absolute Gasteiger partial charge is 0.335 e. The molecule has 1 atom stereocenters. The Morgan fingerprint density at radius 1 is 1.61 bits per heavy atom. The molecule has 0 saturated carbocycles. The normalized spacial score (nSPS) is 17.5. The maximum Gasteiger partial charge on any atom is 0.335 e. The predicted octanol–water partition coefficient (Wildman–Crippen LogP) is 1.56. The van der Waals surface area contributed by atoms with Gasteiger partial charge in [-0.2, -0.15) is 0 Å². The number of rotatable bonds is 5. The van der Waals surface area contributed by atoms with Gasteiger partial charge in [0.2, 0.25) is 0 Å². The highest BCUT2D eigenvalue weighted by Crippen LogP contribution is 2.30.